The van der Waals surface area contributed by atoms with Crippen molar-refractivity contribution in [3.05, 3.63) is 47.0 Å². The summed E-state index contributed by atoms with van der Waals surface area (Å²) in [6, 6.07) is -0.783. The van der Waals surface area contributed by atoms with Crippen LogP contribution in [0.1, 0.15) is 19.0 Å². The van der Waals surface area contributed by atoms with Gasteiger partial charge in [0.2, 0.25) is 0 Å². The van der Waals surface area contributed by atoms with Gasteiger partial charge in [-0.1, -0.05) is 17.9 Å². The molecule has 2 aliphatic heterocycles. The van der Waals surface area contributed by atoms with Crippen molar-refractivity contribution in [2.45, 2.75) is 32.4 Å². The van der Waals surface area contributed by atoms with Gasteiger partial charge in [0.25, 0.3) is 5.19 Å². The van der Waals surface area contributed by atoms with Gasteiger partial charge in [-0.3, -0.25) is 0 Å². The van der Waals surface area contributed by atoms with Crippen LogP contribution in [0.5, 0.6) is 5.19 Å². The van der Waals surface area contributed by atoms with Gasteiger partial charge in [0.1, 0.15) is 11.9 Å². The first-order valence-corrected chi connectivity index (χ1v) is 9.30. The van der Waals surface area contributed by atoms with Crippen molar-refractivity contribution in [2.24, 2.45) is 5.10 Å². The lowest BCUT2D eigenvalue weighted by molar-refractivity contribution is 0.0293. The normalized spacial score (nSPS) is 20.8. The maximum atomic E-state index is 13.7. The number of likely N-dealkylation sites (tertiary alicyclic amines) is 1. The fraction of sp³-hybridized carbons (Fsp3) is 0.389. The number of urea groups is 1. The van der Waals surface area contributed by atoms with Crippen LogP contribution in [0.25, 0.3) is 0 Å². The standard InChI is InChI=1S/C18H20F2N4O2S/c1-11(6-14(20)7-12(2)19)16-4-5-21-24(16)18(25)23-8-15(9-23)26-17-22-13(3)10-27-17/h5-7,10,15-16H,1,4,8-9H2,2-3H3/b12-7+,14-6+/t16-/m0/s1. The van der Waals surface area contributed by atoms with Gasteiger partial charge in [0.05, 0.1) is 30.7 Å². The van der Waals surface area contributed by atoms with Crippen molar-refractivity contribution in [1.82, 2.24) is 14.9 Å². The van der Waals surface area contributed by atoms with Gasteiger partial charge in [-0.15, -0.1) is 0 Å². The predicted molar refractivity (Wildman–Crippen MR) is 100 cm³/mol. The Morgan fingerprint density at radius 2 is 2.15 bits per heavy atom. The van der Waals surface area contributed by atoms with Crippen LogP contribution in [0.2, 0.25) is 0 Å². The molecular weight excluding hydrogens is 374 g/mol. The summed E-state index contributed by atoms with van der Waals surface area (Å²) in [6.07, 6.45) is 3.80. The van der Waals surface area contributed by atoms with E-state index in [9.17, 15) is 13.6 Å². The van der Waals surface area contributed by atoms with Gasteiger partial charge >= 0.3 is 6.03 Å². The van der Waals surface area contributed by atoms with Crippen LogP contribution >= 0.6 is 11.3 Å². The summed E-state index contributed by atoms with van der Waals surface area (Å²) in [7, 11) is 0. The number of amides is 2. The molecule has 9 heteroatoms. The maximum Gasteiger partial charge on any atom is 0.341 e. The van der Waals surface area contributed by atoms with Crippen molar-refractivity contribution in [2.75, 3.05) is 13.1 Å². The minimum absolute atomic E-state index is 0.109. The second-order valence-electron chi connectivity index (χ2n) is 6.41. The highest BCUT2D eigenvalue weighted by molar-refractivity contribution is 7.11. The molecule has 1 saturated heterocycles. The number of aromatic nitrogens is 1. The Hall–Kier alpha value is -2.55. The van der Waals surface area contributed by atoms with E-state index in [1.165, 1.54) is 16.3 Å². The SMILES string of the molecule is C=C(/C=C(F)\C=C(/C)F)[C@@H]1CC=NN1C(=O)N1CC(Oc2nc(C)cs2)C1. The summed E-state index contributed by atoms with van der Waals surface area (Å²) >= 11 is 1.42. The van der Waals surface area contributed by atoms with Gasteiger partial charge in [0, 0.05) is 24.1 Å². The molecule has 6 nitrogen and oxygen atoms in total. The number of hydrogen-bond acceptors (Lipinski definition) is 5. The van der Waals surface area contributed by atoms with Crippen molar-refractivity contribution in [3.63, 3.8) is 0 Å². The first-order chi connectivity index (χ1) is 12.8. The van der Waals surface area contributed by atoms with E-state index >= 15 is 0 Å². The van der Waals surface area contributed by atoms with Crippen LogP contribution in [0.4, 0.5) is 13.6 Å². The molecule has 27 heavy (non-hydrogen) atoms. The number of ether oxygens (including phenoxy) is 1. The van der Waals surface area contributed by atoms with Crippen molar-refractivity contribution < 1.29 is 18.3 Å². The highest BCUT2D eigenvalue weighted by atomic mass is 32.1. The Kier molecular flexibility index (Phi) is 5.69. The average Bonchev–Trinajstić information content (AvgIpc) is 3.17. The molecule has 1 fully saturated rings. The Bertz CT molecular complexity index is 823. The lowest BCUT2D eigenvalue weighted by Crippen LogP contribution is -2.59. The number of thiazole rings is 1. The average molecular weight is 394 g/mol. The second-order valence-corrected chi connectivity index (χ2v) is 7.23. The molecular formula is C18H20F2N4O2S. The minimum Gasteiger partial charge on any atom is -0.463 e. The molecule has 3 heterocycles. The molecule has 144 valence electrons. The molecule has 2 amide bonds. The number of aryl methyl sites for hydroxylation is 1. The van der Waals surface area contributed by atoms with E-state index in [1.54, 1.807) is 11.1 Å². The maximum absolute atomic E-state index is 13.7. The number of carbonyl (C=O) groups excluding carboxylic acids is 1. The lowest BCUT2D eigenvalue weighted by Gasteiger charge is -2.40. The number of rotatable bonds is 5. The topological polar surface area (TPSA) is 58.0 Å². The largest absolute Gasteiger partial charge is 0.463 e. The summed E-state index contributed by atoms with van der Waals surface area (Å²) in [5.41, 5.74) is 1.25. The molecule has 1 aromatic rings. The number of hydrogen-bond donors (Lipinski definition) is 0. The van der Waals surface area contributed by atoms with E-state index in [2.05, 4.69) is 16.7 Å². The Morgan fingerprint density at radius 3 is 2.78 bits per heavy atom. The molecule has 2 aliphatic rings. The molecule has 0 aliphatic carbocycles. The van der Waals surface area contributed by atoms with Gasteiger partial charge in [-0.2, -0.15) is 5.10 Å². The number of allylic oxidation sites excluding steroid dienone is 3. The molecule has 0 aromatic carbocycles. The highest BCUT2D eigenvalue weighted by Gasteiger charge is 2.39. The molecule has 0 radical (unpaired) electrons. The van der Waals surface area contributed by atoms with Crippen LogP contribution in [-0.2, 0) is 0 Å². The van der Waals surface area contributed by atoms with Gasteiger partial charge in [0.15, 0.2) is 0 Å². The van der Waals surface area contributed by atoms with Crippen LogP contribution in [0.3, 0.4) is 0 Å². The smallest absolute Gasteiger partial charge is 0.341 e. The highest BCUT2D eigenvalue weighted by Crippen LogP contribution is 2.26. The van der Waals surface area contributed by atoms with Gasteiger partial charge in [-0.05, 0) is 25.5 Å². The number of nitrogens with zero attached hydrogens (tertiary/aromatic N) is 4. The summed E-state index contributed by atoms with van der Waals surface area (Å²) in [5.74, 6) is -1.40. The third-order valence-corrected chi connectivity index (χ3v) is 4.95. The monoisotopic (exact) mass is 394 g/mol. The fourth-order valence-corrected chi connectivity index (χ4v) is 3.47. The molecule has 0 bridgehead atoms. The van der Waals surface area contributed by atoms with E-state index in [0.29, 0.717) is 30.3 Å². The van der Waals surface area contributed by atoms with Crippen molar-refractivity contribution >= 4 is 23.6 Å². The van der Waals surface area contributed by atoms with Crippen LogP contribution in [0, 0.1) is 6.92 Å². The zero-order chi connectivity index (χ0) is 19.6. The Labute approximate surface area is 160 Å². The quantitative estimate of drug-likeness (QED) is 0.710. The molecule has 0 saturated carbocycles. The third kappa shape index (κ3) is 4.60. The van der Waals surface area contributed by atoms with E-state index < -0.39 is 17.7 Å². The summed E-state index contributed by atoms with van der Waals surface area (Å²) in [6.45, 7) is 7.70. The number of halogens is 2. The van der Waals surface area contributed by atoms with E-state index in [-0.39, 0.29) is 12.1 Å². The third-order valence-electron chi connectivity index (χ3n) is 4.10. The van der Waals surface area contributed by atoms with Gasteiger partial charge < -0.3 is 9.64 Å². The number of hydrazone groups is 1. The van der Waals surface area contributed by atoms with Crippen LogP contribution < -0.4 is 4.74 Å². The molecule has 0 N–H and O–H groups in total. The fourth-order valence-electron chi connectivity index (χ4n) is 2.75. The summed E-state index contributed by atoms with van der Waals surface area (Å²) < 4.78 is 32.2. The Balaban J connectivity index is 1.56. The summed E-state index contributed by atoms with van der Waals surface area (Å²) in [4.78, 5) is 18.5. The van der Waals surface area contributed by atoms with Crippen LogP contribution in [0.15, 0.2) is 46.4 Å². The zero-order valence-electron chi connectivity index (χ0n) is 15.1. The van der Waals surface area contributed by atoms with Crippen LogP contribution in [-0.4, -0.2) is 52.4 Å². The molecule has 1 atom stereocenters. The van der Waals surface area contributed by atoms with E-state index in [0.717, 1.165) is 24.8 Å². The van der Waals surface area contributed by atoms with Crippen molar-refractivity contribution in [1.29, 1.82) is 0 Å². The predicted octanol–water partition coefficient (Wildman–Crippen LogP) is 3.98. The van der Waals surface area contributed by atoms with Gasteiger partial charge in [-0.25, -0.2) is 23.6 Å². The van der Waals surface area contributed by atoms with E-state index in [1.807, 2.05) is 12.3 Å². The van der Waals surface area contributed by atoms with Crippen molar-refractivity contribution in [3.8, 4) is 5.19 Å². The molecule has 0 spiro atoms. The first kappa shape index (κ1) is 19.2. The first-order valence-electron chi connectivity index (χ1n) is 8.42. The number of carbonyl (C=O) groups is 1. The lowest BCUT2D eigenvalue weighted by atomic mass is 10.1. The zero-order valence-corrected chi connectivity index (χ0v) is 15.9. The van der Waals surface area contributed by atoms with E-state index in [4.69, 9.17) is 4.74 Å². The second kappa shape index (κ2) is 7.99. The molecule has 0 unspecified atom stereocenters. The minimum atomic E-state index is -0.754. The molecule has 3 rings (SSSR count). The Morgan fingerprint density at radius 1 is 1.41 bits per heavy atom. The molecule has 1 aromatic heterocycles. The summed E-state index contributed by atoms with van der Waals surface area (Å²) in [5, 5.41) is 7.86.